The van der Waals surface area contributed by atoms with Crippen LogP contribution in [0.5, 0.6) is 5.75 Å². The molecule has 164 valence electrons. The molecule has 0 saturated carbocycles. The van der Waals surface area contributed by atoms with Crippen LogP contribution < -0.4 is 15.1 Å². The van der Waals surface area contributed by atoms with Gasteiger partial charge in [-0.3, -0.25) is 9.69 Å². The summed E-state index contributed by atoms with van der Waals surface area (Å²) in [5.41, 5.74) is 7.48. The van der Waals surface area contributed by atoms with Gasteiger partial charge in [-0.25, -0.2) is 5.43 Å². The molecule has 1 fully saturated rings. The summed E-state index contributed by atoms with van der Waals surface area (Å²) in [5, 5.41) is 4.22. The maximum atomic E-state index is 12.5. The van der Waals surface area contributed by atoms with Crippen molar-refractivity contribution in [1.82, 2.24) is 10.3 Å². The molecular weight excluding hydrogens is 388 g/mol. The number of rotatable bonds is 6. The average molecular weight is 421 g/mol. The number of benzene rings is 2. The van der Waals surface area contributed by atoms with Crippen molar-refractivity contribution < 1.29 is 9.53 Å². The van der Waals surface area contributed by atoms with Crippen LogP contribution in [-0.4, -0.2) is 50.3 Å². The van der Waals surface area contributed by atoms with Crippen molar-refractivity contribution >= 4 is 17.8 Å². The van der Waals surface area contributed by atoms with Crippen molar-refractivity contribution in [3.63, 3.8) is 0 Å². The van der Waals surface area contributed by atoms with Crippen molar-refractivity contribution in [2.75, 3.05) is 32.1 Å². The molecule has 2 heterocycles. The molecule has 2 aliphatic heterocycles. The monoisotopic (exact) mass is 420 g/mol. The van der Waals surface area contributed by atoms with Crippen molar-refractivity contribution in [2.45, 2.75) is 44.7 Å². The summed E-state index contributed by atoms with van der Waals surface area (Å²) < 4.78 is 5.62. The minimum Gasteiger partial charge on any atom is -0.496 e. The van der Waals surface area contributed by atoms with Gasteiger partial charge in [0.05, 0.1) is 19.4 Å². The van der Waals surface area contributed by atoms with Gasteiger partial charge in [-0.15, -0.1) is 0 Å². The fourth-order valence-corrected chi connectivity index (χ4v) is 4.64. The van der Waals surface area contributed by atoms with E-state index < -0.39 is 0 Å². The van der Waals surface area contributed by atoms with Gasteiger partial charge in [-0.2, -0.15) is 5.10 Å². The first-order valence-electron chi connectivity index (χ1n) is 11.2. The highest BCUT2D eigenvalue weighted by Crippen LogP contribution is 2.30. The Balaban J connectivity index is 1.45. The average Bonchev–Trinajstić information content (AvgIpc) is 2.80. The lowest BCUT2D eigenvalue weighted by molar-refractivity contribution is -0.126. The number of carbonyl (C=O) groups is 1. The third-order valence-electron chi connectivity index (χ3n) is 6.33. The Hall–Kier alpha value is -2.86. The number of nitrogens with zero attached hydrogens (tertiary/aromatic N) is 3. The number of carbonyl (C=O) groups excluding carboxylic acids is 1. The largest absolute Gasteiger partial charge is 0.496 e. The van der Waals surface area contributed by atoms with Crippen LogP contribution in [-0.2, 0) is 17.8 Å². The minimum absolute atomic E-state index is 0.0305. The van der Waals surface area contributed by atoms with E-state index in [1.165, 1.54) is 11.3 Å². The summed E-state index contributed by atoms with van der Waals surface area (Å²) >= 11 is 0. The molecule has 1 saturated heterocycles. The van der Waals surface area contributed by atoms with E-state index in [0.717, 1.165) is 68.6 Å². The highest BCUT2D eigenvalue weighted by atomic mass is 16.5. The number of hydrogen-bond donors (Lipinski definition) is 1. The van der Waals surface area contributed by atoms with Crippen LogP contribution in [0.15, 0.2) is 47.6 Å². The second-order valence-electron chi connectivity index (χ2n) is 8.45. The van der Waals surface area contributed by atoms with Gasteiger partial charge < -0.3 is 9.64 Å². The molecule has 2 aromatic rings. The van der Waals surface area contributed by atoms with Gasteiger partial charge in [-0.05, 0) is 74.7 Å². The van der Waals surface area contributed by atoms with E-state index in [9.17, 15) is 4.79 Å². The zero-order valence-corrected chi connectivity index (χ0v) is 18.5. The Kier molecular flexibility index (Phi) is 6.87. The van der Waals surface area contributed by atoms with E-state index in [1.54, 1.807) is 13.3 Å². The summed E-state index contributed by atoms with van der Waals surface area (Å²) in [6.07, 6.45) is 7.14. The number of ether oxygens (including phenoxy) is 1. The lowest BCUT2D eigenvalue weighted by atomic mass is 10.0. The van der Waals surface area contributed by atoms with Crippen molar-refractivity contribution in [3.8, 4) is 5.75 Å². The number of aryl methyl sites for hydroxylation is 1. The Morgan fingerprint density at radius 3 is 2.90 bits per heavy atom. The van der Waals surface area contributed by atoms with E-state index in [1.807, 2.05) is 19.2 Å². The first-order chi connectivity index (χ1) is 15.2. The molecule has 0 bridgehead atoms. The van der Waals surface area contributed by atoms with E-state index in [0.29, 0.717) is 0 Å². The van der Waals surface area contributed by atoms with Crippen LogP contribution in [0.1, 0.15) is 42.4 Å². The zero-order chi connectivity index (χ0) is 21.6. The number of para-hydroxylation sites is 1. The normalized spacial score (nSPS) is 19.3. The summed E-state index contributed by atoms with van der Waals surface area (Å²) in [5.74, 6) is 0.838. The molecule has 4 rings (SSSR count). The fourth-order valence-electron chi connectivity index (χ4n) is 4.64. The summed E-state index contributed by atoms with van der Waals surface area (Å²) in [7, 11) is 3.71. The molecule has 6 nitrogen and oxygen atoms in total. The van der Waals surface area contributed by atoms with Gasteiger partial charge in [0, 0.05) is 24.3 Å². The smallest absolute Gasteiger partial charge is 0.257 e. The number of piperidine rings is 1. The number of methoxy groups -OCH3 is 1. The minimum atomic E-state index is -0.0866. The number of nitrogens with one attached hydrogen (secondary N) is 1. The topological polar surface area (TPSA) is 57.2 Å². The van der Waals surface area contributed by atoms with Crippen LogP contribution >= 0.6 is 0 Å². The second kappa shape index (κ2) is 9.96. The number of hydrazone groups is 1. The zero-order valence-electron chi connectivity index (χ0n) is 18.5. The number of likely N-dealkylation sites (N-methyl/N-ethyl adjacent to an activating group) is 1. The van der Waals surface area contributed by atoms with Crippen molar-refractivity contribution in [2.24, 2.45) is 5.10 Å². The Labute approximate surface area is 184 Å². The molecular formula is C25H32N4O2. The number of fused-ring (bicyclic) bond motifs is 1. The molecule has 0 aliphatic carbocycles. The quantitative estimate of drug-likeness (QED) is 0.573. The third kappa shape index (κ3) is 5.07. The van der Waals surface area contributed by atoms with Crippen LogP contribution in [0.4, 0.5) is 5.69 Å². The summed E-state index contributed by atoms with van der Waals surface area (Å²) in [6.45, 7) is 2.77. The molecule has 2 aromatic carbocycles. The SMILES string of the molecule is COc1ccc(C=NNC(=O)C2CCCCN2C)cc1CN1CCCc2ccccc21. The van der Waals surface area contributed by atoms with Gasteiger partial charge in [-0.1, -0.05) is 24.6 Å². The molecule has 0 aromatic heterocycles. The maximum absolute atomic E-state index is 12.5. The predicted octanol–water partition coefficient (Wildman–Crippen LogP) is 3.58. The number of hydrogen-bond acceptors (Lipinski definition) is 5. The molecule has 0 spiro atoms. The van der Waals surface area contributed by atoms with Crippen LogP contribution in [0.2, 0.25) is 0 Å². The van der Waals surface area contributed by atoms with Crippen molar-refractivity contribution in [1.29, 1.82) is 0 Å². The van der Waals surface area contributed by atoms with Crippen LogP contribution in [0.3, 0.4) is 0 Å². The molecule has 0 radical (unpaired) electrons. The molecule has 31 heavy (non-hydrogen) atoms. The predicted molar refractivity (Wildman–Crippen MR) is 125 cm³/mol. The number of likely N-dealkylation sites (tertiary alicyclic amines) is 1. The Morgan fingerprint density at radius 2 is 2.06 bits per heavy atom. The third-order valence-corrected chi connectivity index (χ3v) is 6.33. The van der Waals surface area contributed by atoms with Gasteiger partial charge in [0.1, 0.15) is 5.75 Å². The fraction of sp³-hybridized carbons (Fsp3) is 0.440. The molecule has 1 amide bonds. The van der Waals surface area contributed by atoms with Gasteiger partial charge in [0.2, 0.25) is 0 Å². The van der Waals surface area contributed by atoms with Gasteiger partial charge in [0.25, 0.3) is 5.91 Å². The Bertz CT molecular complexity index is 943. The van der Waals surface area contributed by atoms with Gasteiger partial charge >= 0.3 is 0 Å². The number of amides is 1. The van der Waals surface area contributed by atoms with Crippen molar-refractivity contribution in [3.05, 3.63) is 59.2 Å². The molecule has 6 heteroatoms. The molecule has 1 atom stereocenters. The number of anilines is 1. The van der Waals surface area contributed by atoms with E-state index in [-0.39, 0.29) is 11.9 Å². The first-order valence-corrected chi connectivity index (χ1v) is 11.2. The lowest BCUT2D eigenvalue weighted by Gasteiger charge is -2.31. The summed E-state index contributed by atoms with van der Waals surface area (Å²) in [4.78, 5) is 17.0. The Morgan fingerprint density at radius 1 is 1.19 bits per heavy atom. The maximum Gasteiger partial charge on any atom is 0.257 e. The highest BCUT2D eigenvalue weighted by Gasteiger charge is 2.25. The molecule has 1 unspecified atom stereocenters. The van der Waals surface area contributed by atoms with Gasteiger partial charge in [0.15, 0.2) is 0 Å². The van der Waals surface area contributed by atoms with E-state index in [4.69, 9.17) is 4.74 Å². The standard InChI is InChI=1S/C25H32N4O2/c1-28-14-6-5-11-23(28)25(30)27-26-17-19-12-13-24(31-2)21(16-19)18-29-15-7-9-20-8-3-4-10-22(20)29/h3-4,8,10,12-13,16-17,23H,5-7,9,11,14-15,18H2,1-2H3,(H,27,30). The molecule has 1 N–H and O–H groups in total. The van der Waals surface area contributed by atoms with Crippen LogP contribution in [0.25, 0.3) is 0 Å². The van der Waals surface area contributed by atoms with E-state index in [2.05, 4.69) is 50.7 Å². The first kappa shape index (κ1) is 21.4. The van der Waals surface area contributed by atoms with Crippen LogP contribution in [0, 0.1) is 0 Å². The lowest BCUT2D eigenvalue weighted by Crippen LogP contribution is -2.46. The molecule has 2 aliphatic rings. The summed E-state index contributed by atoms with van der Waals surface area (Å²) in [6, 6.07) is 14.6. The second-order valence-corrected chi connectivity index (χ2v) is 8.45. The van der Waals surface area contributed by atoms with E-state index >= 15 is 0 Å². The highest BCUT2D eigenvalue weighted by molar-refractivity contribution is 5.85.